The van der Waals surface area contributed by atoms with Crippen molar-refractivity contribution in [3.05, 3.63) is 30.1 Å². The summed E-state index contributed by atoms with van der Waals surface area (Å²) >= 11 is 0. The second kappa shape index (κ2) is 8.30. The number of carboxylic acid groups (broad SMARTS) is 1. The molecule has 0 aliphatic carbocycles. The van der Waals surface area contributed by atoms with E-state index in [1.165, 1.54) is 13.2 Å². The Balaban J connectivity index is 2.17. The summed E-state index contributed by atoms with van der Waals surface area (Å²) in [6.45, 7) is 8.49. The molecule has 1 atom stereocenters. The number of carbonyl (C=O) groups is 1. The Labute approximate surface area is 159 Å². The van der Waals surface area contributed by atoms with Gasteiger partial charge in [0.1, 0.15) is 6.61 Å². The zero-order chi connectivity index (χ0) is 20.2. The van der Waals surface area contributed by atoms with E-state index in [1.807, 2.05) is 19.9 Å². The second-order valence-corrected chi connectivity index (χ2v) is 7.47. The first-order valence-corrected chi connectivity index (χ1v) is 8.77. The molecule has 0 unspecified atom stereocenters. The highest BCUT2D eigenvalue weighted by Crippen LogP contribution is 2.24. The van der Waals surface area contributed by atoms with E-state index in [-0.39, 0.29) is 5.95 Å². The van der Waals surface area contributed by atoms with Gasteiger partial charge in [-0.05, 0) is 38.3 Å². The lowest BCUT2D eigenvalue weighted by molar-refractivity contribution is 0.199. The minimum absolute atomic E-state index is 0.102. The lowest BCUT2D eigenvalue weighted by Gasteiger charge is -2.26. The van der Waals surface area contributed by atoms with Crippen molar-refractivity contribution in [1.29, 1.82) is 0 Å². The van der Waals surface area contributed by atoms with Crippen molar-refractivity contribution in [3.63, 3.8) is 0 Å². The summed E-state index contributed by atoms with van der Waals surface area (Å²) in [6, 6.07) is 3.60. The average Bonchev–Trinajstić information content (AvgIpc) is 2.59. The summed E-state index contributed by atoms with van der Waals surface area (Å²) in [7, 11) is 1.39. The van der Waals surface area contributed by atoms with Gasteiger partial charge in [-0.25, -0.2) is 24.6 Å². The molecule has 0 aliphatic heterocycles. The molecular formula is C19H27N5O3. The summed E-state index contributed by atoms with van der Waals surface area (Å²) in [5, 5.41) is 9.06. The van der Waals surface area contributed by atoms with E-state index in [2.05, 4.69) is 28.8 Å². The first kappa shape index (κ1) is 20.6. The van der Waals surface area contributed by atoms with Crippen LogP contribution in [0.4, 0.5) is 10.7 Å². The van der Waals surface area contributed by atoms with Gasteiger partial charge in [-0.2, -0.15) is 0 Å². The van der Waals surface area contributed by atoms with Crippen LogP contribution in [0.25, 0.3) is 11.3 Å². The van der Waals surface area contributed by atoms with E-state index >= 15 is 0 Å². The molecule has 0 aliphatic rings. The Kier molecular flexibility index (Phi) is 6.32. The fourth-order valence-electron chi connectivity index (χ4n) is 2.83. The van der Waals surface area contributed by atoms with Crippen molar-refractivity contribution in [2.45, 2.75) is 39.7 Å². The monoisotopic (exact) mass is 373 g/mol. The quantitative estimate of drug-likeness (QED) is 0.766. The molecule has 2 aromatic heterocycles. The molecule has 0 fully saturated rings. The van der Waals surface area contributed by atoms with Crippen molar-refractivity contribution in [1.82, 2.24) is 15.0 Å². The third kappa shape index (κ3) is 5.62. The molecule has 0 bridgehead atoms. The summed E-state index contributed by atoms with van der Waals surface area (Å²) in [5.41, 5.74) is 8.04. The first-order valence-electron chi connectivity index (χ1n) is 8.77. The van der Waals surface area contributed by atoms with Crippen molar-refractivity contribution in [2.24, 2.45) is 11.7 Å². The fraction of sp³-hybridized carbons (Fsp3) is 0.474. The van der Waals surface area contributed by atoms with Gasteiger partial charge in [0, 0.05) is 36.1 Å². The van der Waals surface area contributed by atoms with Gasteiger partial charge in [-0.1, -0.05) is 13.8 Å². The van der Waals surface area contributed by atoms with Crippen LogP contribution in [-0.4, -0.2) is 45.3 Å². The minimum Gasteiger partial charge on any atom is -0.476 e. The largest absolute Gasteiger partial charge is 0.476 e. The Morgan fingerprint density at radius 1 is 1.41 bits per heavy atom. The molecule has 8 nitrogen and oxygen atoms in total. The van der Waals surface area contributed by atoms with Crippen LogP contribution in [0.3, 0.4) is 0 Å². The topological polar surface area (TPSA) is 114 Å². The molecule has 0 saturated heterocycles. The summed E-state index contributed by atoms with van der Waals surface area (Å²) < 4.78 is 5.83. The van der Waals surface area contributed by atoms with E-state index in [9.17, 15) is 4.79 Å². The van der Waals surface area contributed by atoms with E-state index in [4.69, 9.17) is 15.6 Å². The number of hydrogen-bond donors (Lipinski definition) is 2. The zero-order valence-corrected chi connectivity index (χ0v) is 16.4. The Bertz CT molecular complexity index is 808. The average molecular weight is 373 g/mol. The predicted octanol–water partition coefficient (Wildman–Crippen LogP) is 3.10. The van der Waals surface area contributed by atoms with Crippen molar-refractivity contribution < 1.29 is 14.6 Å². The van der Waals surface area contributed by atoms with Crippen molar-refractivity contribution in [3.8, 4) is 17.1 Å². The van der Waals surface area contributed by atoms with Gasteiger partial charge in [0.15, 0.2) is 0 Å². The second-order valence-electron chi connectivity index (χ2n) is 7.47. The minimum atomic E-state index is -1.13. The van der Waals surface area contributed by atoms with Crippen LogP contribution in [0.5, 0.6) is 5.88 Å². The van der Waals surface area contributed by atoms with Crippen LogP contribution >= 0.6 is 0 Å². The number of nitrogens with two attached hydrogens (primary N) is 1. The van der Waals surface area contributed by atoms with Crippen LogP contribution in [0, 0.1) is 12.8 Å². The van der Waals surface area contributed by atoms with Crippen LogP contribution in [0.1, 0.15) is 32.8 Å². The lowest BCUT2D eigenvalue weighted by Crippen LogP contribution is -2.43. The van der Waals surface area contributed by atoms with E-state index < -0.39 is 11.6 Å². The standard InChI is InChI=1S/C19H27N5O3/c1-12(2)9-19(4,20)11-27-16-13(3)8-14(10-22-16)15-6-7-21-17(23-15)24(5)18(25)26/h6-8,10,12H,9,11,20H2,1-5H3,(H,25,26)/t19-/m0/s1. The third-order valence-corrected chi connectivity index (χ3v) is 3.97. The molecule has 0 spiro atoms. The Morgan fingerprint density at radius 3 is 2.70 bits per heavy atom. The zero-order valence-electron chi connectivity index (χ0n) is 16.4. The number of pyridine rings is 1. The normalized spacial score (nSPS) is 13.3. The smallest absolute Gasteiger partial charge is 0.413 e. The van der Waals surface area contributed by atoms with Gasteiger partial charge in [0.2, 0.25) is 11.8 Å². The lowest BCUT2D eigenvalue weighted by atomic mass is 9.93. The Morgan fingerprint density at radius 2 is 2.11 bits per heavy atom. The van der Waals surface area contributed by atoms with Gasteiger partial charge in [-0.3, -0.25) is 0 Å². The molecule has 2 rings (SSSR count). The summed E-state index contributed by atoms with van der Waals surface area (Å²) in [4.78, 5) is 24.7. The van der Waals surface area contributed by atoms with Crippen molar-refractivity contribution in [2.75, 3.05) is 18.6 Å². The summed E-state index contributed by atoms with van der Waals surface area (Å²) in [6.07, 6.45) is 2.88. The molecule has 3 N–H and O–H groups in total. The van der Waals surface area contributed by atoms with E-state index in [0.29, 0.717) is 24.1 Å². The van der Waals surface area contributed by atoms with Crippen LogP contribution in [0.2, 0.25) is 0 Å². The first-order chi connectivity index (χ1) is 12.6. The van der Waals surface area contributed by atoms with Gasteiger partial charge in [0.25, 0.3) is 0 Å². The van der Waals surface area contributed by atoms with Crippen LogP contribution in [-0.2, 0) is 0 Å². The molecular weight excluding hydrogens is 346 g/mol. The number of aryl methyl sites for hydroxylation is 1. The SMILES string of the molecule is Cc1cc(-c2ccnc(N(C)C(=O)O)n2)cnc1OC[C@@](C)(N)CC(C)C. The molecule has 27 heavy (non-hydrogen) atoms. The molecule has 0 radical (unpaired) electrons. The van der Waals surface area contributed by atoms with E-state index in [1.54, 1.807) is 12.3 Å². The molecule has 2 heterocycles. The maximum atomic E-state index is 11.1. The highest BCUT2D eigenvalue weighted by Gasteiger charge is 2.22. The van der Waals surface area contributed by atoms with Crippen molar-refractivity contribution >= 4 is 12.0 Å². The van der Waals surface area contributed by atoms with Crippen LogP contribution < -0.4 is 15.4 Å². The molecule has 146 valence electrons. The number of hydrogen-bond acceptors (Lipinski definition) is 6. The number of aromatic nitrogens is 3. The molecule has 1 amide bonds. The van der Waals surface area contributed by atoms with E-state index in [0.717, 1.165) is 22.4 Å². The van der Waals surface area contributed by atoms with Gasteiger partial charge >= 0.3 is 6.09 Å². The van der Waals surface area contributed by atoms with Gasteiger partial charge in [0.05, 0.1) is 5.69 Å². The molecule has 8 heteroatoms. The highest BCUT2D eigenvalue weighted by atomic mass is 16.5. The highest BCUT2D eigenvalue weighted by molar-refractivity contribution is 5.83. The number of rotatable bonds is 7. The van der Waals surface area contributed by atoms with Gasteiger partial charge in [-0.15, -0.1) is 0 Å². The maximum Gasteiger partial charge on any atom is 0.413 e. The molecule has 2 aromatic rings. The predicted molar refractivity (Wildman–Crippen MR) is 104 cm³/mol. The van der Waals surface area contributed by atoms with Gasteiger partial charge < -0.3 is 15.6 Å². The number of anilines is 1. The Hall–Kier alpha value is -2.74. The molecule has 0 aromatic carbocycles. The number of nitrogens with zero attached hydrogens (tertiary/aromatic N) is 4. The summed E-state index contributed by atoms with van der Waals surface area (Å²) in [5.74, 6) is 1.11. The molecule has 0 saturated carbocycles. The number of ether oxygens (including phenoxy) is 1. The number of amides is 1. The maximum absolute atomic E-state index is 11.1. The van der Waals surface area contributed by atoms with Crippen LogP contribution in [0.15, 0.2) is 24.5 Å². The third-order valence-electron chi connectivity index (χ3n) is 3.97. The fourth-order valence-corrected chi connectivity index (χ4v) is 2.83.